The molecule has 2 aromatic rings. The van der Waals surface area contributed by atoms with Crippen molar-refractivity contribution in [2.24, 2.45) is 0 Å². The number of piperidine rings is 1. The molecule has 1 aromatic carbocycles. The first-order chi connectivity index (χ1) is 8.34. The molecule has 0 N–H and O–H groups in total. The fourth-order valence-corrected chi connectivity index (χ4v) is 2.80. The van der Waals surface area contributed by atoms with Crippen molar-refractivity contribution in [2.45, 2.75) is 25.3 Å². The number of benzene rings is 1. The Balaban J connectivity index is 1.99. The molecule has 0 aliphatic carbocycles. The number of likely N-dealkylation sites (tertiary alicyclic amines) is 1. The zero-order chi connectivity index (χ0) is 11.7. The number of pyridine rings is 1. The van der Waals surface area contributed by atoms with Crippen LogP contribution in [0.1, 0.15) is 30.9 Å². The number of hydrogen-bond donors (Lipinski definition) is 0. The lowest BCUT2D eigenvalue weighted by Crippen LogP contribution is -2.29. The Labute approximate surface area is 102 Å². The van der Waals surface area contributed by atoms with E-state index < -0.39 is 0 Å². The molecule has 1 aliphatic heterocycles. The maximum atomic E-state index is 4.37. The Kier molecular flexibility index (Phi) is 2.81. The predicted octanol–water partition coefficient (Wildman–Crippen LogP) is 3.39. The zero-order valence-electron chi connectivity index (χ0n) is 10.3. The SMILES string of the molecule is CN1CCCCC1c1ccc2ncccc2c1. The minimum Gasteiger partial charge on any atom is -0.299 e. The summed E-state index contributed by atoms with van der Waals surface area (Å²) in [5, 5.41) is 1.25. The molecule has 0 spiro atoms. The first kappa shape index (κ1) is 10.7. The van der Waals surface area contributed by atoms with Crippen molar-refractivity contribution in [3.8, 4) is 0 Å². The summed E-state index contributed by atoms with van der Waals surface area (Å²) in [4.78, 5) is 6.85. The van der Waals surface area contributed by atoms with Gasteiger partial charge in [0.1, 0.15) is 0 Å². The number of rotatable bonds is 1. The topological polar surface area (TPSA) is 16.1 Å². The fraction of sp³-hybridized carbons (Fsp3) is 0.400. The van der Waals surface area contributed by atoms with Crippen molar-refractivity contribution in [1.29, 1.82) is 0 Å². The van der Waals surface area contributed by atoms with Crippen molar-refractivity contribution in [3.63, 3.8) is 0 Å². The highest BCUT2D eigenvalue weighted by Gasteiger charge is 2.20. The van der Waals surface area contributed by atoms with Gasteiger partial charge in [-0.05, 0) is 50.2 Å². The van der Waals surface area contributed by atoms with E-state index in [4.69, 9.17) is 0 Å². The highest BCUT2D eigenvalue weighted by molar-refractivity contribution is 5.79. The second kappa shape index (κ2) is 4.46. The highest BCUT2D eigenvalue weighted by atomic mass is 15.1. The third kappa shape index (κ3) is 2.05. The van der Waals surface area contributed by atoms with Gasteiger partial charge in [0, 0.05) is 17.6 Å². The van der Waals surface area contributed by atoms with Gasteiger partial charge in [-0.1, -0.05) is 18.6 Å². The molecule has 1 atom stereocenters. The molecule has 0 bridgehead atoms. The van der Waals surface area contributed by atoms with Gasteiger partial charge in [-0.2, -0.15) is 0 Å². The van der Waals surface area contributed by atoms with Crippen LogP contribution in [0.25, 0.3) is 10.9 Å². The van der Waals surface area contributed by atoms with Crippen molar-refractivity contribution < 1.29 is 0 Å². The lowest BCUT2D eigenvalue weighted by molar-refractivity contribution is 0.187. The van der Waals surface area contributed by atoms with Gasteiger partial charge in [-0.15, -0.1) is 0 Å². The first-order valence-electron chi connectivity index (χ1n) is 6.39. The molecule has 17 heavy (non-hydrogen) atoms. The molecular formula is C15H18N2. The summed E-state index contributed by atoms with van der Waals surface area (Å²) in [5.41, 5.74) is 2.53. The number of hydrogen-bond acceptors (Lipinski definition) is 2. The Bertz CT molecular complexity index is 521. The van der Waals surface area contributed by atoms with Crippen LogP contribution < -0.4 is 0 Å². The summed E-state index contributed by atoms with van der Waals surface area (Å²) in [7, 11) is 2.23. The molecule has 0 radical (unpaired) electrons. The fourth-order valence-electron chi connectivity index (χ4n) is 2.80. The van der Waals surface area contributed by atoms with Gasteiger partial charge in [0.25, 0.3) is 0 Å². The van der Waals surface area contributed by atoms with Crippen LogP contribution in [0, 0.1) is 0 Å². The van der Waals surface area contributed by atoms with Crippen LogP contribution in [0.5, 0.6) is 0 Å². The summed E-state index contributed by atoms with van der Waals surface area (Å²) in [6, 6.07) is 11.4. The average molecular weight is 226 g/mol. The monoisotopic (exact) mass is 226 g/mol. The maximum absolute atomic E-state index is 4.37. The molecule has 2 nitrogen and oxygen atoms in total. The van der Waals surface area contributed by atoms with E-state index in [1.54, 1.807) is 0 Å². The van der Waals surface area contributed by atoms with Crippen molar-refractivity contribution in [2.75, 3.05) is 13.6 Å². The highest BCUT2D eigenvalue weighted by Crippen LogP contribution is 2.30. The predicted molar refractivity (Wildman–Crippen MR) is 71.0 cm³/mol. The quantitative estimate of drug-likeness (QED) is 0.741. The molecular weight excluding hydrogens is 208 g/mol. The van der Waals surface area contributed by atoms with E-state index in [-0.39, 0.29) is 0 Å². The van der Waals surface area contributed by atoms with Crippen LogP contribution in [-0.4, -0.2) is 23.5 Å². The third-order valence-electron chi connectivity index (χ3n) is 3.78. The molecule has 2 heterocycles. The van der Waals surface area contributed by atoms with Gasteiger partial charge in [0.2, 0.25) is 0 Å². The van der Waals surface area contributed by atoms with Crippen molar-refractivity contribution >= 4 is 10.9 Å². The van der Waals surface area contributed by atoms with E-state index in [2.05, 4.69) is 41.2 Å². The van der Waals surface area contributed by atoms with E-state index in [0.717, 1.165) is 5.52 Å². The largest absolute Gasteiger partial charge is 0.299 e. The van der Waals surface area contributed by atoms with E-state index in [0.29, 0.717) is 6.04 Å². The van der Waals surface area contributed by atoms with Gasteiger partial charge >= 0.3 is 0 Å². The van der Waals surface area contributed by atoms with Gasteiger partial charge in [0.15, 0.2) is 0 Å². The van der Waals surface area contributed by atoms with Crippen molar-refractivity contribution in [1.82, 2.24) is 9.88 Å². The van der Waals surface area contributed by atoms with Gasteiger partial charge < -0.3 is 0 Å². The number of fused-ring (bicyclic) bond motifs is 1. The second-order valence-corrected chi connectivity index (χ2v) is 4.95. The smallest absolute Gasteiger partial charge is 0.0702 e. The van der Waals surface area contributed by atoms with Crippen LogP contribution in [0.3, 0.4) is 0 Å². The second-order valence-electron chi connectivity index (χ2n) is 4.95. The van der Waals surface area contributed by atoms with E-state index in [1.165, 1.54) is 36.8 Å². The number of aromatic nitrogens is 1. The lowest BCUT2D eigenvalue weighted by Gasteiger charge is -2.32. The van der Waals surface area contributed by atoms with Crippen LogP contribution in [-0.2, 0) is 0 Å². The molecule has 0 saturated carbocycles. The van der Waals surface area contributed by atoms with Crippen LogP contribution in [0.4, 0.5) is 0 Å². The Morgan fingerprint density at radius 1 is 1.24 bits per heavy atom. The standard InChI is InChI=1S/C15H18N2/c1-17-10-3-2-6-15(17)13-7-8-14-12(11-13)5-4-9-16-14/h4-5,7-9,11,15H,2-3,6,10H2,1H3. The Morgan fingerprint density at radius 2 is 2.18 bits per heavy atom. The number of nitrogens with zero attached hydrogens (tertiary/aromatic N) is 2. The summed E-state index contributed by atoms with van der Waals surface area (Å²) in [5.74, 6) is 0. The van der Waals surface area contributed by atoms with Gasteiger partial charge in [0.05, 0.1) is 5.52 Å². The molecule has 1 fully saturated rings. The average Bonchev–Trinajstić information content (AvgIpc) is 2.39. The lowest BCUT2D eigenvalue weighted by atomic mass is 9.95. The van der Waals surface area contributed by atoms with Crippen LogP contribution in [0.2, 0.25) is 0 Å². The van der Waals surface area contributed by atoms with Crippen LogP contribution in [0.15, 0.2) is 36.5 Å². The normalized spacial score (nSPS) is 21.8. The molecule has 1 saturated heterocycles. The molecule has 1 aromatic heterocycles. The van der Waals surface area contributed by atoms with Gasteiger partial charge in [-0.3, -0.25) is 9.88 Å². The minimum absolute atomic E-state index is 0.591. The summed E-state index contributed by atoms with van der Waals surface area (Å²) in [6.07, 6.45) is 5.82. The third-order valence-corrected chi connectivity index (χ3v) is 3.78. The summed E-state index contributed by atoms with van der Waals surface area (Å²) >= 11 is 0. The molecule has 0 amide bonds. The molecule has 1 aliphatic rings. The van der Waals surface area contributed by atoms with E-state index in [9.17, 15) is 0 Å². The summed E-state index contributed by atoms with van der Waals surface area (Å²) in [6.45, 7) is 1.22. The van der Waals surface area contributed by atoms with E-state index >= 15 is 0 Å². The van der Waals surface area contributed by atoms with Gasteiger partial charge in [-0.25, -0.2) is 0 Å². The van der Waals surface area contributed by atoms with Crippen molar-refractivity contribution in [3.05, 3.63) is 42.1 Å². The Hall–Kier alpha value is -1.41. The molecule has 88 valence electrons. The zero-order valence-corrected chi connectivity index (χ0v) is 10.3. The molecule has 1 unspecified atom stereocenters. The Morgan fingerprint density at radius 3 is 3.06 bits per heavy atom. The minimum atomic E-state index is 0.591. The van der Waals surface area contributed by atoms with E-state index in [1.807, 2.05) is 12.3 Å². The molecule has 3 rings (SSSR count). The first-order valence-corrected chi connectivity index (χ1v) is 6.39. The molecule has 2 heteroatoms. The maximum Gasteiger partial charge on any atom is 0.0702 e. The van der Waals surface area contributed by atoms with Crippen LogP contribution >= 0.6 is 0 Å². The summed E-state index contributed by atoms with van der Waals surface area (Å²) < 4.78 is 0.